The number of alkyl halides is 1. The highest BCUT2D eigenvalue weighted by molar-refractivity contribution is 6.18. The van der Waals surface area contributed by atoms with Crippen LogP contribution in [0, 0.1) is 0 Å². The van der Waals surface area contributed by atoms with Gasteiger partial charge in [0, 0.05) is 12.9 Å². The Morgan fingerprint density at radius 2 is 1.94 bits per heavy atom. The Labute approximate surface area is 114 Å². The molecule has 0 aromatic heterocycles. The Balaban J connectivity index is 2.38. The molecule has 4 heteroatoms. The molecule has 0 saturated heterocycles. The number of nitrogens with zero attached hydrogens (tertiary/aromatic N) is 1. The Bertz CT molecular complexity index is 379. The molecular weight excluding hydrogens is 250 g/mol. The minimum atomic E-state index is -0.328. The Hall–Kier alpha value is -1.22. The molecule has 0 bridgehead atoms. The monoisotopic (exact) mass is 269 g/mol. The minimum Gasteiger partial charge on any atom is -0.493 e. The second kappa shape index (κ2) is 6.64. The maximum Gasteiger partial charge on any atom is 0.226 e. The molecule has 0 aliphatic rings. The lowest BCUT2D eigenvalue weighted by atomic mass is 10.1. The van der Waals surface area contributed by atoms with Crippen molar-refractivity contribution >= 4 is 17.5 Å². The molecule has 18 heavy (non-hydrogen) atoms. The number of amides is 1. The van der Waals surface area contributed by atoms with Gasteiger partial charge in [-0.25, -0.2) is 0 Å². The first-order chi connectivity index (χ1) is 8.47. The Morgan fingerprint density at radius 3 is 2.50 bits per heavy atom. The van der Waals surface area contributed by atoms with Crippen LogP contribution in [0.15, 0.2) is 30.3 Å². The highest BCUT2D eigenvalue weighted by atomic mass is 35.5. The molecule has 3 nitrogen and oxygen atoms in total. The van der Waals surface area contributed by atoms with Crippen LogP contribution in [0.5, 0.6) is 5.75 Å². The lowest BCUT2D eigenvalue weighted by Crippen LogP contribution is -2.46. The maximum absolute atomic E-state index is 11.9. The third kappa shape index (κ3) is 4.22. The van der Waals surface area contributed by atoms with Crippen LogP contribution in [0.3, 0.4) is 0 Å². The van der Waals surface area contributed by atoms with Crippen molar-refractivity contribution in [2.45, 2.75) is 25.8 Å². The predicted octanol–water partition coefficient (Wildman–Crippen LogP) is 2.93. The normalized spacial score (nSPS) is 11.1. The first kappa shape index (κ1) is 14.8. The molecule has 0 N–H and O–H groups in total. The summed E-state index contributed by atoms with van der Waals surface area (Å²) in [7, 11) is 1.77. The first-order valence-electron chi connectivity index (χ1n) is 5.98. The number of rotatable bonds is 6. The fourth-order valence-corrected chi connectivity index (χ4v) is 1.55. The zero-order chi connectivity index (χ0) is 13.6. The zero-order valence-corrected chi connectivity index (χ0v) is 11.9. The lowest BCUT2D eigenvalue weighted by Gasteiger charge is -2.33. The summed E-state index contributed by atoms with van der Waals surface area (Å²) in [5, 5.41) is 0. The van der Waals surface area contributed by atoms with Crippen LogP contribution in [-0.4, -0.2) is 35.9 Å². The fraction of sp³-hybridized carbons (Fsp3) is 0.500. The van der Waals surface area contributed by atoms with E-state index < -0.39 is 0 Å². The van der Waals surface area contributed by atoms with Gasteiger partial charge < -0.3 is 9.64 Å². The Morgan fingerprint density at radius 1 is 1.33 bits per heavy atom. The van der Waals surface area contributed by atoms with E-state index in [-0.39, 0.29) is 11.4 Å². The molecule has 0 aliphatic carbocycles. The molecule has 0 atom stereocenters. The molecule has 0 unspecified atom stereocenters. The summed E-state index contributed by atoms with van der Waals surface area (Å²) >= 11 is 5.84. The second-order valence-electron chi connectivity index (χ2n) is 4.81. The molecule has 0 radical (unpaired) electrons. The largest absolute Gasteiger partial charge is 0.493 e. The van der Waals surface area contributed by atoms with Gasteiger partial charge >= 0.3 is 0 Å². The van der Waals surface area contributed by atoms with E-state index >= 15 is 0 Å². The van der Waals surface area contributed by atoms with Gasteiger partial charge in [-0.05, 0) is 26.0 Å². The quantitative estimate of drug-likeness (QED) is 0.743. The summed E-state index contributed by atoms with van der Waals surface area (Å²) in [6, 6.07) is 9.47. The van der Waals surface area contributed by atoms with E-state index in [1.165, 1.54) is 0 Å². The highest BCUT2D eigenvalue weighted by Crippen LogP contribution is 2.15. The van der Waals surface area contributed by atoms with E-state index in [0.717, 1.165) is 5.75 Å². The van der Waals surface area contributed by atoms with Gasteiger partial charge in [0.05, 0.1) is 18.6 Å². The molecule has 0 spiro atoms. The average molecular weight is 270 g/mol. The van der Waals surface area contributed by atoms with E-state index in [9.17, 15) is 4.79 Å². The van der Waals surface area contributed by atoms with Crippen LogP contribution < -0.4 is 4.74 Å². The molecule has 0 aliphatic heterocycles. The third-order valence-electron chi connectivity index (χ3n) is 2.94. The molecule has 1 aromatic carbocycles. The molecule has 0 saturated carbocycles. The van der Waals surface area contributed by atoms with Gasteiger partial charge in [0.15, 0.2) is 0 Å². The summed E-state index contributed by atoms with van der Waals surface area (Å²) in [6.45, 7) is 4.26. The van der Waals surface area contributed by atoms with E-state index in [1.807, 2.05) is 44.2 Å². The number of carbonyl (C=O) groups excluding carboxylic acids is 1. The summed E-state index contributed by atoms with van der Waals surface area (Å²) in [6.07, 6.45) is 0.353. The van der Waals surface area contributed by atoms with Gasteiger partial charge in [0.25, 0.3) is 0 Å². The van der Waals surface area contributed by atoms with Crippen molar-refractivity contribution in [3.63, 3.8) is 0 Å². The summed E-state index contributed by atoms with van der Waals surface area (Å²) in [4.78, 5) is 13.6. The topological polar surface area (TPSA) is 29.5 Å². The second-order valence-corrected chi connectivity index (χ2v) is 5.08. The van der Waals surface area contributed by atoms with Gasteiger partial charge in [-0.2, -0.15) is 0 Å². The van der Waals surface area contributed by atoms with Crippen molar-refractivity contribution in [1.82, 2.24) is 4.90 Å². The first-order valence-corrected chi connectivity index (χ1v) is 6.51. The van der Waals surface area contributed by atoms with E-state index in [0.29, 0.717) is 18.9 Å². The molecule has 0 heterocycles. The van der Waals surface area contributed by atoms with Gasteiger partial charge in [-0.15, -0.1) is 11.6 Å². The summed E-state index contributed by atoms with van der Waals surface area (Å²) in [5.74, 6) is 1.23. The predicted molar refractivity (Wildman–Crippen MR) is 74.1 cm³/mol. The number of hydrogen-bond donors (Lipinski definition) is 0. The molecule has 1 rings (SSSR count). The number of ether oxygens (including phenoxy) is 1. The van der Waals surface area contributed by atoms with Gasteiger partial charge in [0.1, 0.15) is 5.75 Å². The van der Waals surface area contributed by atoms with E-state index in [4.69, 9.17) is 16.3 Å². The molecule has 1 amide bonds. The zero-order valence-electron chi connectivity index (χ0n) is 11.1. The highest BCUT2D eigenvalue weighted by Gasteiger charge is 2.26. The maximum atomic E-state index is 11.9. The van der Waals surface area contributed by atoms with Gasteiger partial charge in [-0.3, -0.25) is 4.79 Å². The van der Waals surface area contributed by atoms with E-state index in [2.05, 4.69) is 0 Å². The average Bonchev–Trinajstić information content (AvgIpc) is 2.39. The number of benzene rings is 1. The van der Waals surface area contributed by atoms with Crippen LogP contribution in [0.1, 0.15) is 20.3 Å². The molecule has 100 valence electrons. The molecule has 1 aromatic rings. The lowest BCUT2D eigenvalue weighted by molar-refractivity contribution is -0.134. The number of carbonyl (C=O) groups is 1. The van der Waals surface area contributed by atoms with Crippen LogP contribution >= 0.6 is 11.6 Å². The molecule has 0 fully saturated rings. The van der Waals surface area contributed by atoms with Crippen molar-refractivity contribution in [2.75, 3.05) is 19.5 Å². The van der Waals surface area contributed by atoms with Crippen molar-refractivity contribution in [1.29, 1.82) is 0 Å². The van der Waals surface area contributed by atoms with Crippen molar-refractivity contribution < 1.29 is 9.53 Å². The van der Waals surface area contributed by atoms with Crippen molar-refractivity contribution in [3.05, 3.63) is 30.3 Å². The fourth-order valence-electron chi connectivity index (χ4n) is 1.37. The minimum absolute atomic E-state index is 0.0385. The SMILES string of the molecule is CN(C(=O)CCOc1ccccc1)C(C)(C)CCl. The van der Waals surface area contributed by atoms with Gasteiger partial charge in [0.2, 0.25) is 5.91 Å². The summed E-state index contributed by atoms with van der Waals surface area (Å²) in [5.41, 5.74) is -0.328. The third-order valence-corrected chi connectivity index (χ3v) is 3.59. The standard InChI is InChI=1S/C14H20ClNO2/c1-14(2,11-15)16(3)13(17)9-10-18-12-7-5-4-6-8-12/h4-8H,9-11H2,1-3H3. The van der Waals surface area contributed by atoms with Crippen molar-refractivity contribution in [3.8, 4) is 5.75 Å². The summed E-state index contributed by atoms with van der Waals surface area (Å²) < 4.78 is 5.49. The van der Waals surface area contributed by atoms with Crippen LogP contribution in [0.4, 0.5) is 0 Å². The smallest absolute Gasteiger partial charge is 0.226 e. The number of hydrogen-bond acceptors (Lipinski definition) is 2. The van der Waals surface area contributed by atoms with Crippen LogP contribution in [-0.2, 0) is 4.79 Å². The van der Waals surface area contributed by atoms with Crippen LogP contribution in [0.2, 0.25) is 0 Å². The number of para-hydroxylation sites is 1. The van der Waals surface area contributed by atoms with E-state index in [1.54, 1.807) is 11.9 Å². The van der Waals surface area contributed by atoms with Crippen LogP contribution in [0.25, 0.3) is 0 Å². The Kier molecular flexibility index (Phi) is 5.48. The van der Waals surface area contributed by atoms with Gasteiger partial charge in [-0.1, -0.05) is 18.2 Å². The molecular formula is C14H20ClNO2. The van der Waals surface area contributed by atoms with Crippen molar-refractivity contribution in [2.24, 2.45) is 0 Å². The number of halogens is 1.